The van der Waals surface area contributed by atoms with E-state index in [1.54, 1.807) is 6.92 Å². The Morgan fingerprint density at radius 2 is 1.96 bits per heavy atom. The fraction of sp³-hybridized carbons (Fsp3) is 0.750. The number of rotatable bonds is 8. The van der Waals surface area contributed by atoms with Crippen LogP contribution < -0.4 is 10.3 Å². The number of nitrogens with zero attached hydrogens (tertiary/aromatic N) is 2. The van der Waals surface area contributed by atoms with Crippen molar-refractivity contribution in [1.29, 1.82) is 0 Å². The first kappa shape index (κ1) is 25.3. The van der Waals surface area contributed by atoms with E-state index >= 15 is 0 Å². The van der Waals surface area contributed by atoms with Crippen LogP contribution in [0, 0.1) is 12.8 Å². The Morgan fingerprint density at radius 3 is 2.54 bits per heavy atom. The topological polar surface area (TPSA) is 95.2 Å². The second-order valence-electron chi connectivity index (χ2n) is 6.61. The molecule has 1 aliphatic heterocycles. The molecule has 0 saturated carbocycles. The third kappa shape index (κ3) is 7.52. The molecular formula is C16H30Cl2N4O3S. The van der Waals surface area contributed by atoms with Crippen molar-refractivity contribution < 1.29 is 8.42 Å². The van der Waals surface area contributed by atoms with Gasteiger partial charge in [0.15, 0.2) is 0 Å². The number of likely N-dealkylation sites (tertiary alicyclic amines) is 1. The Morgan fingerprint density at radius 1 is 1.27 bits per heavy atom. The van der Waals surface area contributed by atoms with Crippen LogP contribution in [0.15, 0.2) is 10.9 Å². The highest BCUT2D eigenvalue weighted by Gasteiger charge is 2.34. The van der Waals surface area contributed by atoms with Gasteiger partial charge < -0.3 is 4.98 Å². The number of nitrogens with one attached hydrogen (secondary N) is 2. The number of H-pyrrole nitrogens is 1. The van der Waals surface area contributed by atoms with Crippen LogP contribution in [0.5, 0.6) is 0 Å². The van der Waals surface area contributed by atoms with Crippen molar-refractivity contribution in [1.82, 2.24) is 19.6 Å². The molecule has 0 amide bonds. The number of hydrogen-bond donors (Lipinski definition) is 2. The van der Waals surface area contributed by atoms with Gasteiger partial charge in [0.2, 0.25) is 10.0 Å². The molecule has 152 valence electrons. The first-order valence-corrected chi connectivity index (χ1v) is 10.3. The average molecular weight is 429 g/mol. The highest BCUT2D eigenvalue weighted by Crippen LogP contribution is 2.23. The third-order valence-corrected chi connectivity index (χ3v) is 5.89. The quantitative estimate of drug-likeness (QED) is 0.658. The highest BCUT2D eigenvalue weighted by molar-refractivity contribution is 7.89. The van der Waals surface area contributed by atoms with Gasteiger partial charge in [-0.3, -0.25) is 9.69 Å². The van der Waals surface area contributed by atoms with E-state index < -0.39 is 10.0 Å². The van der Waals surface area contributed by atoms with Gasteiger partial charge in [0.05, 0.1) is 11.4 Å². The highest BCUT2D eigenvalue weighted by atomic mass is 35.5. The van der Waals surface area contributed by atoms with Crippen LogP contribution in [0.1, 0.15) is 44.6 Å². The summed E-state index contributed by atoms with van der Waals surface area (Å²) in [5.41, 5.74) is 0.575. The Labute approximate surface area is 168 Å². The maximum Gasteiger partial charge on any atom is 0.251 e. The lowest BCUT2D eigenvalue weighted by atomic mass is 9.99. The summed E-state index contributed by atoms with van der Waals surface area (Å²) in [6.45, 7) is 7.78. The van der Waals surface area contributed by atoms with Crippen molar-refractivity contribution in [3.8, 4) is 0 Å². The molecule has 0 radical (unpaired) electrons. The van der Waals surface area contributed by atoms with E-state index in [-0.39, 0.29) is 42.2 Å². The molecule has 26 heavy (non-hydrogen) atoms. The first-order chi connectivity index (χ1) is 11.3. The number of aryl methyl sites for hydroxylation is 1. The van der Waals surface area contributed by atoms with E-state index in [0.29, 0.717) is 31.3 Å². The summed E-state index contributed by atoms with van der Waals surface area (Å²) in [4.78, 5) is 20.8. The second kappa shape index (κ2) is 11.2. The molecular weight excluding hydrogens is 399 g/mol. The molecule has 1 fully saturated rings. The largest absolute Gasteiger partial charge is 0.311 e. The predicted octanol–water partition coefficient (Wildman–Crippen LogP) is 1.85. The normalized spacial score (nSPS) is 20.4. The van der Waals surface area contributed by atoms with Crippen molar-refractivity contribution in [2.75, 3.05) is 18.8 Å². The van der Waals surface area contributed by atoms with E-state index in [1.807, 2.05) is 6.92 Å². The smallest absolute Gasteiger partial charge is 0.251 e. The van der Waals surface area contributed by atoms with E-state index in [9.17, 15) is 13.2 Å². The first-order valence-electron chi connectivity index (χ1n) is 8.62. The zero-order chi connectivity index (χ0) is 17.7. The van der Waals surface area contributed by atoms with Gasteiger partial charge >= 0.3 is 0 Å². The predicted molar refractivity (Wildman–Crippen MR) is 109 cm³/mol. The molecule has 0 bridgehead atoms. The molecule has 2 rings (SSSR count). The van der Waals surface area contributed by atoms with Gasteiger partial charge in [-0.2, -0.15) is 0 Å². The van der Waals surface area contributed by atoms with Crippen LogP contribution in [0.3, 0.4) is 0 Å². The van der Waals surface area contributed by atoms with Gasteiger partial charge in [-0.1, -0.05) is 20.3 Å². The van der Waals surface area contributed by atoms with E-state index in [1.165, 1.54) is 6.07 Å². The van der Waals surface area contributed by atoms with Crippen LogP contribution in [0.2, 0.25) is 0 Å². The fourth-order valence-electron chi connectivity index (χ4n) is 3.40. The van der Waals surface area contributed by atoms with Gasteiger partial charge in [-0.05, 0) is 25.7 Å². The van der Waals surface area contributed by atoms with Crippen molar-refractivity contribution in [3.63, 3.8) is 0 Å². The summed E-state index contributed by atoms with van der Waals surface area (Å²) >= 11 is 0. The molecule has 10 heteroatoms. The van der Waals surface area contributed by atoms with Crippen molar-refractivity contribution in [2.45, 2.75) is 52.6 Å². The summed E-state index contributed by atoms with van der Waals surface area (Å²) in [7, 11) is -3.22. The lowest BCUT2D eigenvalue weighted by molar-refractivity contribution is 0.308. The molecule has 2 N–H and O–H groups in total. The molecule has 0 aliphatic carbocycles. The maximum absolute atomic E-state index is 12.1. The van der Waals surface area contributed by atoms with Crippen LogP contribution in [0.25, 0.3) is 0 Å². The van der Waals surface area contributed by atoms with E-state index in [2.05, 4.69) is 26.5 Å². The van der Waals surface area contributed by atoms with Gasteiger partial charge in [-0.25, -0.2) is 18.1 Å². The molecule has 0 unspecified atom stereocenters. The van der Waals surface area contributed by atoms with Crippen LogP contribution in [-0.2, 0) is 16.6 Å². The number of sulfonamides is 1. The Balaban J connectivity index is 0.00000312. The Hall–Kier alpha value is -0.670. The Bertz CT molecular complexity index is 712. The van der Waals surface area contributed by atoms with Crippen LogP contribution in [-0.4, -0.2) is 48.2 Å². The average Bonchev–Trinajstić information content (AvgIpc) is 2.78. The summed E-state index contributed by atoms with van der Waals surface area (Å²) in [6.07, 6.45) is 2.62. The minimum absolute atomic E-state index is 0. The van der Waals surface area contributed by atoms with Gasteiger partial charge in [0.25, 0.3) is 5.56 Å². The van der Waals surface area contributed by atoms with Gasteiger partial charge in [0.1, 0.15) is 5.82 Å². The monoisotopic (exact) mass is 428 g/mol. The lowest BCUT2D eigenvalue weighted by Crippen LogP contribution is -2.41. The summed E-state index contributed by atoms with van der Waals surface area (Å²) < 4.78 is 27.1. The third-order valence-electron chi connectivity index (χ3n) is 4.28. The summed E-state index contributed by atoms with van der Waals surface area (Å²) in [5, 5.41) is 0. The fourth-order valence-corrected chi connectivity index (χ4v) is 4.78. The maximum atomic E-state index is 12.1. The molecule has 0 aromatic carbocycles. The Kier molecular flexibility index (Phi) is 10.9. The number of hydrogen-bond acceptors (Lipinski definition) is 5. The molecule has 1 saturated heterocycles. The molecule has 1 aromatic rings. The lowest BCUT2D eigenvalue weighted by Gasteiger charge is -2.19. The molecule has 2 atom stereocenters. The summed E-state index contributed by atoms with van der Waals surface area (Å²) in [6, 6.07) is 1.45. The number of aromatic nitrogens is 2. The van der Waals surface area contributed by atoms with Crippen molar-refractivity contribution in [3.05, 3.63) is 27.9 Å². The standard InChI is InChI=1S/C16H28N4O3S.2ClH/c1-4-6-13-9-20(10-14-8-16(21)18-12(3)17-14)11-15(13)19-24(22,23)7-5-2;;/h8,13,15,19H,4-7,9-11H2,1-3H3,(H,17,18,21);2*1H/t13-,15-;;/m0../s1. The number of aromatic amines is 1. The van der Waals surface area contributed by atoms with Gasteiger partial charge in [-0.15, -0.1) is 24.8 Å². The molecule has 7 nitrogen and oxygen atoms in total. The van der Waals surface area contributed by atoms with Crippen LogP contribution in [0.4, 0.5) is 0 Å². The summed E-state index contributed by atoms with van der Waals surface area (Å²) in [5.74, 6) is 1.06. The number of halogens is 2. The second-order valence-corrected chi connectivity index (χ2v) is 8.48. The van der Waals surface area contributed by atoms with E-state index in [4.69, 9.17) is 0 Å². The van der Waals surface area contributed by atoms with Crippen LogP contribution >= 0.6 is 24.8 Å². The van der Waals surface area contributed by atoms with Gasteiger partial charge in [0, 0.05) is 31.7 Å². The zero-order valence-corrected chi connectivity index (χ0v) is 18.0. The molecule has 0 spiro atoms. The van der Waals surface area contributed by atoms with Crippen molar-refractivity contribution in [2.24, 2.45) is 5.92 Å². The molecule has 1 aliphatic rings. The van der Waals surface area contributed by atoms with Crippen molar-refractivity contribution >= 4 is 34.8 Å². The van der Waals surface area contributed by atoms with E-state index in [0.717, 1.165) is 25.1 Å². The zero-order valence-electron chi connectivity index (χ0n) is 15.5. The SMILES string of the molecule is CCC[C@H]1CN(Cc2cc(=O)[nH]c(C)n2)C[C@@H]1NS(=O)(=O)CCC.Cl.Cl. The molecule has 1 aromatic heterocycles. The minimum atomic E-state index is -3.22. The molecule has 2 heterocycles. The minimum Gasteiger partial charge on any atom is -0.311 e.